The molecule has 0 unspecified atom stereocenters. The molecule has 0 aliphatic carbocycles. The molecule has 4 rings (SSSR count). The van der Waals surface area contributed by atoms with Crippen molar-refractivity contribution in [1.82, 2.24) is 46.6 Å². The van der Waals surface area contributed by atoms with Crippen LogP contribution in [0.3, 0.4) is 0 Å². The molecule has 14 N–H and O–H groups in total. The zero-order valence-corrected chi connectivity index (χ0v) is 42.8. The van der Waals surface area contributed by atoms with Gasteiger partial charge in [0.1, 0.15) is 72.7 Å². The molecule has 0 radical (unpaired) electrons. The van der Waals surface area contributed by atoms with E-state index in [1.165, 1.54) is 32.6 Å². The van der Waals surface area contributed by atoms with Gasteiger partial charge < -0.3 is 92.4 Å². The fourth-order valence-electron chi connectivity index (χ4n) is 9.61. The van der Waals surface area contributed by atoms with Crippen LogP contribution in [0.2, 0.25) is 0 Å². The number of carbonyl (C=O) groups excluding carboxylic acids is 10. The molecule has 28 heteroatoms. The van der Waals surface area contributed by atoms with Gasteiger partial charge in [0.25, 0.3) is 0 Å². The minimum atomic E-state index is -1.72. The summed E-state index contributed by atoms with van der Waals surface area (Å²) in [7, 11) is 0. The monoisotopic (exact) mass is 1060 g/mol. The van der Waals surface area contributed by atoms with Crippen LogP contribution < -0.4 is 37.6 Å². The highest BCUT2D eigenvalue weighted by molar-refractivity contribution is 5.99. The third-order valence-corrected chi connectivity index (χ3v) is 14.0. The first-order valence-corrected chi connectivity index (χ1v) is 25.0. The molecule has 4 saturated heterocycles. The van der Waals surface area contributed by atoms with Gasteiger partial charge >= 0.3 is 0 Å². The van der Waals surface area contributed by atoms with E-state index in [2.05, 4.69) is 31.9 Å². The van der Waals surface area contributed by atoms with Crippen LogP contribution in [0.15, 0.2) is 0 Å². The second-order valence-electron chi connectivity index (χ2n) is 19.5. The third kappa shape index (κ3) is 14.8. The maximum absolute atomic E-state index is 14.8. The van der Waals surface area contributed by atoms with E-state index in [1.807, 2.05) is 0 Å². The number of hydrogen-bond donors (Lipinski definition) is 13. The Hall–Kier alpha value is -5.62. The lowest BCUT2D eigenvalue weighted by molar-refractivity contribution is -0.281. The molecule has 0 saturated carbocycles. The molecule has 4 aliphatic heterocycles. The van der Waals surface area contributed by atoms with Crippen LogP contribution in [0.4, 0.5) is 0 Å². The Morgan fingerprint density at radius 1 is 0.649 bits per heavy atom. The number of carbonyl (C=O) groups is 10. The molecule has 4 fully saturated rings. The Morgan fingerprint density at radius 3 is 1.57 bits per heavy atom. The summed E-state index contributed by atoms with van der Waals surface area (Å²) in [5.41, 5.74) is 5.25. The highest BCUT2D eigenvalue weighted by Crippen LogP contribution is 2.27. The average molecular weight is 1060 g/mol. The smallest absolute Gasteiger partial charge is 0.248 e. The van der Waals surface area contributed by atoms with E-state index in [4.69, 9.17) is 15.2 Å². The zero-order chi connectivity index (χ0) is 55.5. The van der Waals surface area contributed by atoms with E-state index in [0.717, 1.165) is 16.7 Å². The van der Waals surface area contributed by atoms with Crippen LogP contribution in [0.25, 0.3) is 0 Å². The van der Waals surface area contributed by atoms with E-state index in [1.54, 1.807) is 13.8 Å². The molecule has 0 bridgehead atoms. The second-order valence-corrected chi connectivity index (χ2v) is 19.5. The number of rotatable bonds is 23. The predicted molar refractivity (Wildman–Crippen MR) is 255 cm³/mol. The lowest BCUT2D eigenvalue weighted by atomic mass is 9.96. The molecule has 0 spiro atoms. The van der Waals surface area contributed by atoms with Gasteiger partial charge in [0.2, 0.25) is 59.1 Å². The first-order valence-electron chi connectivity index (χ1n) is 25.0. The highest BCUT2D eigenvalue weighted by Gasteiger charge is 2.49. The van der Waals surface area contributed by atoms with Crippen molar-refractivity contribution in [3.8, 4) is 0 Å². The minimum absolute atomic E-state index is 0.00876. The number of hydrogen-bond acceptors (Lipinski definition) is 18. The first kappa shape index (κ1) is 60.9. The molecular formula is C46H76N10O18. The Bertz CT molecular complexity index is 2050. The van der Waals surface area contributed by atoms with Crippen LogP contribution in [0.5, 0.6) is 0 Å². The number of nitrogens with one attached hydrogen (secondary N) is 6. The van der Waals surface area contributed by atoms with Crippen molar-refractivity contribution in [1.29, 1.82) is 0 Å². The van der Waals surface area contributed by atoms with Gasteiger partial charge in [-0.3, -0.25) is 47.9 Å². The summed E-state index contributed by atoms with van der Waals surface area (Å²) in [4.78, 5) is 138. The van der Waals surface area contributed by atoms with Gasteiger partial charge in [0, 0.05) is 33.5 Å². The number of aliphatic hydroxyl groups is 6. The molecule has 74 heavy (non-hydrogen) atoms. The van der Waals surface area contributed by atoms with Crippen molar-refractivity contribution in [2.45, 2.75) is 191 Å². The van der Waals surface area contributed by atoms with E-state index in [9.17, 15) is 78.6 Å². The normalized spacial score (nSPS) is 27.5. The predicted octanol–water partition coefficient (Wildman–Crippen LogP) is -6.96. The van der Waals surface area contributed by atoms with Crippen molar-refractivity contribution >= 4 is 59.1 Å². The zero-order valence-electron chi connectivity index (χ0n) is 42.8. The van der Waals surface area contributed by atoms with Gasteiger partial charge in [-0.25, -0.2) is 0 Å². The second kappa shape index (κ2) is 27.3. The Labute approximate surface area is 428 Å². The van der Waals surface area contributed by atoms with Crippen LogP contribution in [0.1, 0.15) is 93.4 Å². The summed E-state index contributed by atoms with van der Waals surface area (Å²) in [6.07, 6.45) is -9.00. The maximum Gasteiger partial charge on any atom is 0.248 e. The van der Waals surface area contributed by atoms with E-state index in [0.29, 0.717) is 19.3 Å². The third-order valence-electron chi connectivity index (χ3n) is 14.0. The van der Waals surface area contributed by atoms with Gasteiger partial charge in [-0.1, -0.05) is 20.3 Å². The Morgan fingerprint density at radius 2 is 1.12 bits per heavy atom. The number of ether oxygens (including phenoxy) is 2. The van der Waals surface area contributed by atoms with Crippen LogP contribution >= 0.6 is 0 Å². The number of nitrogens with zero attached hydrogens (tertiary/aromatic N) is 3. The molecule has 28 nitrogen and oxygen atoms in total. The number of amides is 10. The van der Waals surface area contributed by atoms with Gasteiger partial charge in [-0.15, -0.1) is 0 Å². The molecule has 10 amide bonds. The first-order chi connectivity index (χ1) is 34.8. The number of nitrogens with two attached hydrogens (primary N) is 1. The topological polar surface area (TPSA) is 418 Å². The quantitative estimate of drug-likeness (QED) is 0.0452. The Balaban J connectivity index is 1.55. The lowest BCUT2D eigenvalue weighted by Crippen LogP contribution is -2.66. The molecule has 4 heterocycles. The number of likely N-dealkylation sites (tertiary alicyclic amines) is 3. The summed E-state index contributed by atoms with van der Waals surface area (Å²) in [6, 6.07) is -12.8. The molecule has 0 aromatic carbocycles. The SMILES string of the molecule is CC[C@H](C)[C@H](NC(=O)[C@@H]1CCCN1C(=O)[C@@H](NC(=O)[C@@H]1CCCN1C(=O)[C@@H](NC(=O)[C@@H]1CCCN1C(C)=O)[C@@H](C)O[C@H]1O[C@H](CO)[C@H](O)[C@H](O)[C@H]1NC(C)=O)[C@@H](C)O)C(=O)N[C@@H](CO)C(=O)N[C@H](C(N)=O)[C@@H](C)O. The lowest BCUT2D eigenvalue weighted by Gasteiger charge is -2.43. The van der Waals surface area contributed by atoms with Crippen LogP contribution in [0, 0.1) is 5.92 Å². The largest absolute Gasteiger partial charge is 0.394 e. The van der Waals surface area contributed by atoms with Gasteiger partial charge in [0.05, 0.1) is 31.5 Å². The summed E-state index contributed by atoms with van der Waals surface area (Å²) < 4.78 is 11.8. The van der Waals surface area contributed by atoms with Gasteiger partial charge in [-0.05, 0) is 65.2 Å². The maximum atomic E-state index is 14.8. The molecule has 0 aromatic heterocycles. The standard InChI is InChI=1S/C46H76N10O18/c1-8-20(2)31(43(70)49-26(18-57)39(66)51-32(21(3)59)38(47)65)50-41(68)28-13-10-16-55(28)44(71)33(22(4)60)52-42(69)29-14-11-17-56(29)45(72)34(53-40(67)27-12-9-15-54(27)25(7)62)23(5)73-46-35(48-24(6)61)37(64)36(63)30(19-58)74-46/h20-23,26-37,46,57-60,63-64H,8-19H2,1-7H3,(H2,47,65)(H,48,61)(H,49,70)(H,50,68)(H,51,66)(H,52,69)(H,53,67)/t20-,21+,22+,23+,26-,27-,28-,29-,30+,31-,32-,33-,34-,35+,36-,37+,46-/m0/s1. The fraction of sp³-hybridized carbons (Fsp3) is 0.783. The van der Waals surface area contributed by atoms with E-state index < -0.39 is 175 Å². The van der Waals surface area contributed by atoms with E-state index in [-0.39, 0.29) is 45.3 Å². The van der Waals surface area contributed by atoms with Crippen LogP contribution in [-0.4, -0.2) is 235 Å². The molecule has 17 atom stereocenters. The van der Waals surface area contributed by atoms with Gasteiger partial charge in [0.15, 0.2) is 6.29 Å². The van der Waals surface area contributed by atoms with Gasteiger partial charge in [-0.2, -0.15) is 0 Å². The van der Waals surface area contributed by atoms with Crippen molar-refractivity contribution in [2.24, 2.45) is 11.7 Å². The van der Waals surface area contributed by atoms with Crippen LogP contribution in [-0.2, 0) is 57.4 Å². The summed E-state index contributed by atoms with van der Waals surface area (Å²) in [5.74, 6) is -8.81. The average Bonchev–Trinajstić information content (AvgIpc) is 4.16. The summed E-state index contributed by atoms with van der Waals surface area (Å²) >= 11 is 0. The number of aliphatic hydroxyl groups excluding tert-OH is 6. The molecule has 4 aliphatic rings. The van der Waals surface area contributed by atoms with E-state index >= 15 is 0 Å². The molecular weight excluding hydrogens is 981 g/mol. The molecule has 0 aromatic rings. The van der Waals surface area contributed by atoms with Crippen molar-refractivity contribution < 1.29 is 88.1 Å². The number of primary amides is 1. The molecule has 418 valence electrons. The summed E-state index contributed by atoms with van der Waals surface area (Å²) in [5, 5.41) is 77.0. The van der Waals surface area contributed by atoms with Crippen molar-refractivity contribution in [3.63, 3.8) is 0 Å². The Kier molecular flexibility index (Phi) is 22.4. The van der Waals surface area contributed by atoms with Crippen molar-refractivity contribution in [2.75, 3.05) is 32.8 Å². The highest BCUT2D eigenvalue weighted by atomic mass is 16.7. The minimum Gasteiger partial charge on any atom is -0.394 e. The van der Waals surface area contributed by atoms with Crippen molar-refractivity contribution in [3.05, 3.63) is 0 Å². The fourth-order valence-corrected chi connectivity index (χ4v) is 9.61. The summed E-state index contributed by atoms with van der Waals surface area (Å²) in [6.45, 7) is 8.05.